The fourth-order valence-electron chi connectivity index (χ4n) is 3.15. The summed E-state index contributed by atoms with van der Waals surface area (Å²) in [5, 5.41) is 21.7. The summed E-state index contributed by atoms with van der Waals surface area (Å²) in [7, 11) is 0. The molecule has 0 bridgehead atoms. The number of rotatable bonds is 10. The van der Waals surface area contributed by atoms with E-state index in [0.29, 0.717) is 24.5 Å². The van der Waals surface area contributed by atoms with Crippen molar-refractivity contribution in [1.29, 1.82) is 0 Å². The molecule has 3 N–H and O–H groups in total. The van der Waals surface area contributed by atoms with E-state index in [1.807, 2.05) is 0 Å². The number of anilines is 1. The van der Waals surface area contributed by atoms with Crippen molar-refractivity contribution in [3.8, 4) is 11.3 Å². The quantitative estimate of drug-likeness (QED) is 0.284. The summed E-state index contributed by atoms with van der Waals surface area (Å²) in [6, 6.07) is 9.07. The first-order chi connectivity index (χ1) is 15.8. The number of aliphatic carboxylic acids is 1. The first-order valence-electron chi connectivity index (χ1n) is 10.4. The molecule has 0 unspecified atom stereocenters. The molecule has 0 aliphatic heterocycles. The lowest BCUT2D eigenvalue weighted by atomic mass is 10.1. The normalized spacial score (nSPS) is 13.6. The maximum absolute atomic E-state index is 13.2. The van der Waals surface area contributed by atoms with Gasteiger partial charge >= 0.3 is 12.0 Å². The molecule has 1 heterocycles. The number of furan rings is 1. The molecule has 33 heavy (non-hydrogen) atoms. The molecule has 3 rings (SSSR count). The topological polar surface area (TPSA) is 140 Å². The number of carboxylic acid groups (broad SMARTS) is 1. The van der Waals surface area contributed by atoms with Gasteiger partial charge in [-0.2, -0.15) is 0 Å². The number of aliphatic hydroxyl groups is 1. The SMILES string of the molecule is C/C(C(=O)NCC(=O)O)=C(/O)N(C(=O)N(C=O)CCC1CC1)c1ccc(-c2ccco2)cc1. The Kier molecular flexibility index (Phi) is 7.50. The highest BCUT2D eigenvalue weighted by molar-refractivity contribution is 6.03. The van der Waals surface area contributed by atoms with Gasteiger partial charge in [0.05, 0.1) is 17.5 Å². The molecular formula is C23H25N3O7. The zero-order valence-corrected chi connectivity index (χ0v) is 18.1. The maximum Gasteiger partial charge on any atom is 0.337 e. The second kappa shape index (κ2) is 10.5. The van der Waals surface area contributed by atoms with E-state index in [0.717, 1.165) is 28.2 Å². The Morgan fingerprint density at radius 3 is 2.39 bits per heavy atom. The van der Waals surface area contributed by atoms with Crippen LogP contribution in [0.3, 0.4) is 0 Å². The molecule has 10 heteroatoms. The number of hydrogen-bond acceptors (Lipinski definition) is 6. The van der Waals surface area contributed by atoms with Crippen LogP contribution in [0.5, 0.6) is 0 Å². The molecule has 1 aromatic heterocycles. The fourth-order valence-corrected chi connectivity index (χ4v) is 3.15. The van der Waals surface area contributed by atoms with Crippen LogP contribution in [-0.2, 0) is 14.4 Å². The molecule has 4 amide bonds. The summed E-state index contributed by atoms with van der Waals surface area (Å²) in [4.78, 5) is 49.7. The number of carbonyl (C=O) groups is 4. The van der Waals surface area contributed by atoms with Gasteiger partial charge in [-0.3, -0.25) is 19.3 Å². The van der Waals surface area contributed by atoms with Gasteiger partial charge in [0, 0.05) is 12.1 Å². The largest absolute Gasteiger partial charge is 0.494 e. The Labute approximate surface area is 190 Å². The maximum atomic E-state index is 13.2. The minimum absolute atomic E-state index is 0.172. The number of benzene rings is 1. The van der Waals surface area contributed by atoms with Crippen LogP contribution in [0.1, 0.15) is 26.2 Å². The first kappa shape index (κ1) is 23.6. The number of aliphatic hydroxyl groups excluding tert-OH is 1. The van der Waals surface area contributed by atoms with Gasteiger partial charge in [-0.25, -0.2) is 9.69 Å². The van der Waals surface area contributed by atoms with Gasteiger partial charge in [0.2, 0.25) is 12.3 Å². The van der Waals surface area contributed by atoms with Crippen molar-refractivity contribution in [2.24, 2.45) is 5.92 Å². The molecule has 2 aromatic rings. The van der Waals surface area contributed by atoms with Crippen molar-refractivity contribution in [1.82, 2.24) is 10.2 Å². The lowest BCUT2D eigenvalue weighted by Gasteiger charge is -2.27. The molecular weight excluding hydrogens is 430 g/mol. The second-order valence-electron chi connectivity index (χ2n) is 7.70. The van der Waals surface area contributed by atoms with E-state index in [4.69, 9.17) is 9.52 Å². The van der Waals surface area contributed by atoms with Gasteiger partial charge in [0.25, 0.3) is 5.91 Å². The third kappa shape index (κ3) is 6.00. The monoisotopic (exact) mass is 455 g/mol. The lowest BCUT2D eigenvalue weighted by molar-refractivity contribution is -0.137. The molecule has 0 radical (unpaired) electrons. The number of hydrogen-bond donors (Lipinski definition) is 3. The van der Waals surface area contributed by atoms with Crippen molar-refractivity contribution in [3.63, 3.8) is 0 Å². The van der Waals surface area contributed by atoms with E-state index < -0.39 is 30.3 Å². The number of nitrogens with zero attached hydrogens (tertiary/aromatic N) is 2. The number of imide groups is 1. The summed E-state index contributed by atoms with van der Waals surface area (Å²) >= 11 is 0. The molecule has 1 aromatic carbocycles. The third-order valence-corrected chi connectivity index (χ3v) is 5.26. The second-order valence-corrected chi connectivity index (χ2v) is 7.70. The number of carboxylic acids is 1. The van der Waals surface area contributed by atoms with Crippen LogP contribution in [0.4, 0.5) is 10.5 Å². The van der Waals surface area contributed by atoms with Crippen molar-refractivity contribution < 1.29 is 33.8 Å². The molecule has 1 aliphatic rings. The van der Waals surface area contributed by atoms with Crippen molar-refractivity contribution >= 4 is 30.0 Å². The Morgan fingerprint density at radius 2 is 1.85 bits per heavy atom. The van der Waals surface area contributed by atoms with E-state index in [9.17, 15) is 24.3 Å². The van der Waals surface area contributed by atoms with Crippen molar-refractivity contribution in [2.45, 2.75) is 26.2 Å². The van der Waals surface area contributed by atoms with Crippen LogP contribution < -0.4 is 10.2 Å². The number of amides is 4. The van der Waals surface area contributed by atoms with E-state index in [-0.39, 0.29) is 17.8 Å². The Hall–Kier alpha value is -4.08. The fraction of sp³-hybridized carbons (Fsp3) is 0.304. The predicted molar refractivity (Wildman–Crippen MR) is 118 cm³/mol. The Balaban J connectivity index is 1.93. The van der Waals surface area contributed by atoms with Gasteiger partial charge in [0.15, 0.2) is 0 Å². The minimum Gasteiger partial charge on any atom is -0.494 e. The Morgan fingerprint density at radius 1 is 1.15 bits per heavy atom. The van der Waals surface area contributed by atoms with Crippen molar-refractivity contribution in [2.75, 3.05) is 18.0 Å². The highest BCUT2D eigenvalue weighted by Gasteiger charge is 2.30. The average Bonchev–Trinajstić information content (AvgIpc) is 3.47. The number of nitrogens with one attached hydrogen (secondary N) is 1. The first-order valence-corrected chi connectivity index (χ1v) is 10.4. The highest BCUT2D eigenvalue weighted by atomic mass is 16.4. The number of urea groups is 1. The van der Waals surface area contributed by atoms with Crippen LogP contribution in [0, 0.1) is 5.92 Å². The van der Waals surface area contributed by atoms with E-state index in [2.05, 4.69) is 5.32 Å². The van der Waals surface area contributed by atoms with Gasteiger partial charge in [0.1, 0.15) is 12.3 Å². The molecule has 1 fully saturated rings. The summed E-state index contributed by atoms with van der Waals surface area (Å²) in [6.45, 7) is 0.766. The Bertz CT molecular complexity index is 1040. The third-order valence-electron chi connectivity index (χ3n) is 5.26. The molecule has 0 spiro atoms. The average molecular weight is 455 g/mol. The zero-order valence-electron chi connectivity index (χ0n) is 18.1. The molecule has 0 atom stereocenters. The molecule has 1 aliphatic carbocycles. The standard InChI is InChI=1S/C23H25N3O7/c1-15(21(30)24-13-20(28)29)22(31)26(23(32)25(14-27)11-10-16-4-5-16)18-8-6-17(7-9-18)19-3-2-12-33-19/h2-3,6-9,12,14,16,31H,4-5,10-11,13H2,1H3,(H,24,30)(H,28,29)/b22-15-. The molecule has 1 saturated carbocycles. The predicted octanol–water partition coefficient (Wildman–Crippen LogP) is 3.12. The van der Waals surface area contributed by atoms with E-state index in [1.54, 1.807) is 24.3 Å². The van der Waals surface area contributed by atoms with E-state index >= 15 is 0 Å². The van der Waals surface area contributed by atoms with Crippen LogP contribution >= 0.6 is 0 Å². The summed E-state index contributed by atoms with van der Waals surface area (Å²) in [5.74, 6) is -1.77. The summed E-state index contributed by atoms with van der Waals surface area (Å²) < 4.78 is 5.35. The van der Waals surface area contributed by atoms with Gasteiger partial charge in [-0.05, 0) is 55.7 Å². The van der Waals surface area contributed by atoms with Gasteiger partial charge < -0.3 is 19.9 Å². The summed E-state index contributed by atoms with van der Waals surface area (Å²) in [6.07, 6.45) is 4.66. The van der Waals surface area contributed by atoms with E-state index in [1.165, 1.54) is 25.3 Å². The van der Waals surface area contributed by atoms with Crippen molar-refractivity contribution in [3.05, 3.63) is 54.1 Å². The van der Waals surface area contributed by atoms with Crippen LogP contribution in [0.2, 0.25) is 0 Å². The van der Waals surface area contributed by atoms with Crippen LogP contribution in [-0.4, -0.2) is 52.5 Å². The van der Waals surface area contributed by atoms with Gasteiger partial charge in [-0.15, -0.1) is 0 Å². The smallest absolute Gasteiger partial charge is 0.337 e. The van der Waals surface area contributed by atoms with Crippen LogP contribution in [0.15, 0.2) is 58.5 Å². The molecule has 10 nitrogen and oxygen atoms in total. The zero-order chi connectivity index (χ0) is 24.0. The number of carbonyl (C=O) groups excluding carboxylic acids is 3. The van der Waals surface area contributed by atoms with Gasteiger partial charge in [-0.1, -0.05) is 12.8 Å². The minimum atomic E-state index is -1.26. The lowest BCUT2D eigenvalue weighted by Crippen LogP contribution is -2.44. The summed E-state index contributed by atoms with van der Waals surface area (Å²) in [5.41, 5.74) is 0.640. The molecule has 174 valence electrons. The van der Waals surface area contributed by atoms with Crippen LogP contribution in [0.25, 0.3) is 11.3 Å². The molecule has 0 saturated heterocycles. The highest BCUT2D eigenvalue weighted by Crippen LogP contribution is 2.33.